The van der Waals surface area contributed by atoms with Gasteiger partial charge in [-0.2, -0.15) is 0 Å². The summed E-state index contributed by atoms with van der Waals surface area (Å²) < 4.78 is 4.58. The fraction of sp³-hybridized carbons (Fsp3) is 0.750. The molecule has 0 amide bonds. The number of carbonyl (C=O) groups excluding carboxylic acids is 1. The highest BCUT2D eigenvalue weighted by Crippen LogP contribution is 2.21. The lowest BCUT2D eigenvalue weighted by molar-refractivity contribution is -0.172. The standard InChI is InChI=1S/C8H12O5/c9-5-3-1-2-4-6(5)13-8(12)7(10)11/h5-6,9H,1-4H2,(H,10,11)/t5-,6-/m0/s1. The van der Waals surface area contributed by atoms with Crippen molar-refractivity contribution in [3.63, 3.8) is 0 Å². The summed E-state index contributed by atoms with van der Waals surface area (Å²) in [6.45, 7) is 0. The molecule has 74 valence electrons. The molecule has 1 rings (SSSR count). The molecule has 2 atom stereocenters. The fourth-order valence-corrected chi connectivity index (χ4v) is 1.40. The van der Waals surface area contributed by atoms with E-state index in [0.717, 1.165) is 12.8 Å². The summed E-state index contributed by atoms with van der Waals surface area (Å²) >= 11 is 0. The SMILES string of the molecule is O=C(O)C(=O)O[C@H]1CCCC[C@@H]1O. The monoisotopic (exact) mass is 188 g/mol. The number of aliphatic hydroxyl groups excluding tert-OH is 1. The Balaban J connectivity index is 2.42. The summed E-state index contributed by atoms with van der Waals surface area (Å²) in [6.07, 6.45) is 1.50. The fourth-order valence-electron chi connectivity index (χ4n) is 1.40. The van der Waals surface area contributed by atoms with Crippen molar-refractivity contribution >= 4 is 11.9 Å². The molecule has 0 spiro atoms. The van der Waals surface area contributed by atoms with Crippen molar-refractivity contribution in [3.8, 4) is 0 Å². The predicted octanol–water partition coefficient (Wildman–Crippen LogP) is -0.0823. The first-order valence-corrected chi connectivity index (χ1v) is 4.23. The molecule has 0 aromatic carbocycles. The summed E-state index contributed by atoms with van der Waals surface area (Å²) in [5, 5.41) is 17.6. The van der Waals surface area contributed by atoms with Gasteiger partial charge in [-0.3, -0.25) is 0 Å². The minimum atomic E-state index is -1.61. The molecule has 0 radical (unpaired) electrons. The van der Waals surface area contributed by atoms with Crippen LogP contribution in [0.1, 0.15) is 25.7 Å². The normalized spacial score (nSPS) is 28.1. The van der Waals surface area contributed by atoms with E-state index in [0.29, 0.717) is 12.8 Å². The number of carboxylic acid groups (broad SMARTS) is 1. The predicted molar refractivity (Wildman–Crippen MR) is 42.0 cm³/mol. The number of aliphatic carboxylic acids is 1. The number of esters is 1. The molecule has 2 N–H and O–H groups in total. The van der Waals surface area contributed by atoms with Crippen LogP contribution in [0.15, 0.2) is 0 Å². The van der Waals surface area contributed by atoms with Crippen LogP contribution < -0.4 is 0 Å². The Labute approximate surface area is 75.3 Å². The highest BCUT2D eigenvalue weighted by atomic mass is 16.6. The van der Waals surface area contributed by atoms with Gasteiger partial charge in [-0.25, -0.2) is 9.59 Å². The van der Waals surface area contributed by atoms with Gasteiger partial charge in [0.15, 0.2) is 0 Å². The minimum absolute atomic E-state index is 0.542. The summed E-state index contributed by atoms with van der Waals surface area (Å²) in [5.41, 5.74) is 0. The van der Waals surface area contributed by atoms with E-state index >= 15 is 0 Å². The van der Waals surface area contributed by atoms with Crippen LogP contribution in [-0.4, -0.2) is 34.4 Å². The van der Waals surface area contributed by atoms with E-state index in [1.54, 1.807) is 0 Å². The third-order valence-electron chi connectivity index (χ3n) is 2.10. The maximum atomic E-state index is 10.6. The zero-order valence-electron chi connectivity index (χ0n) is 7.10. The van der Waals surface area contributed by atoms with Gasteiger partial charge in [-0.1, -0.05) is 6.42 Å². The molecule has 0 aromatic heterocycles. The number of ether oxygens (including phenoxy) is 1. The lowest BCUT2D eigenvalue weighted by atomic mass is 9.95. The van der Waals surface area contributed by atoms with Crippen molar-refractivity contribution in [1.29, 1.82) is 0 Å². The molecular formula is C8H12O5. The zero-order valence-corrected chi connectivity index (χ0v) is 7.10. The number of aliphatic hydroxyl groups is 1. The van der Waals surface area contributed by atoms with Crippen LogP contribution in [0.4, 0.5) is 0 Å². The van der Waals surface area contributed by atoms with E-state index in [4.69, 9.17) is 5.11 Å². The minimum Gasteiger partial charge on any atom is -0.473 e. The molecule has 1 aliphatic rings. The Hall–Kier alpha value is -1.10. The Morgan fingerprint density at radius 1 is 1.23 bits per heavy atom. The van der Waals surface area contributed by atoms with Crippen LogP contribution in [-0.2, 0) is 14.3 Å². The second-order valence-corrected chi connectivity index (χ2v) is 3.10. The average molecular weight is 188 g/mol. The third-order valence-corrected chi connectivity index (χ3v) is 2.10. The molecule has 1 aliphatic carbocycles. The van der Waals surface area contributed by atoms with Crippen LogP contribution in [0.2, 0.25) is 0 Å². The molecule has 0 saturated heterocycles. The van der Waals surface area contributed by atoms with Gasteiger partial charge in [0, 0.05) is 0 Å². The summed E-state index contributed by atoms with van der Waals surface area (Å²) in [6, 6.07) is 0. The van der Waals surface area contributed by atoms with Gasteiger partial charge in [0.1, 0.15) is 6.10 Å². The highest BCUT2D eigenvalue weighted by Gasteiger charge is 2.28. The quantitative estimate of drug-likeness (QED) is 0.444. The number of carbonyl (C=O) groups is 2. The molecule has 0 aromatic rings. The second-order valence-electron chi connectivity index (χ2n) is 3.10. The molecule has 1 saturated carbocycles. The highest BCUT2D eigenvalue weighted by molar-refractivity contribution is 6.28. The number of hydrogen-bond donors (Lipinski definition) is 2. The van der Waals surface area contributed by atoms with Crippen molar-refractivity contribution in [1.82, 2.24) is 0 Å². The average Bonchev–Trinajstić information content (AvgIpc) is 2.08. The Bertz CT molecular complexity index is 213. The molecule has 1 fully saturated rings. The number of rotatable bonds is 1. The maximum Gasteiger partial charge on any atom is 0.417 e. The molecular weight excluding hydrogens is 176 g/mol. The summed E-state index contributed by atoms with van der Waals surface area (Å²) in [4.78, 5) is 20.7. The van der Waals surface area contributed by atoms with Crippen LogP contribution >= 0.6 is 0 Å². The molecule has 0 aliphatic heterocycles. The molecule has 13 heavy (non-hydrogen) atoms. The maximum absolute atomic E-state index is 10.6. The lowest BCUT2D eigenvalue weighted by Crippen LogP contribution is -2.36. The van der Waals surface area contributed by atoms with Crippen LogP contribution in [0.3, 0.4) is 0 Å². The van der Waals surface area contributed by atoms with Crippen molar-refractivity contribution in [3.05, 3.63) is 0 Å². The Morgan fingerprint density at radius 2 is 1.85 bits per heavy atom. The third kappa shape index (κ3) is 2.69. The molecule has 5 heteroatoms. The van der Waals surface area contributed by atoms with Gasteiger partial charge in [-0.05, 0) is 19.3 Å². The lowest BCUT2D eigenvalue weighted by Gasteiger charge is -2.26. The molecule has 0 bridgehead atoms. The zero-order chi connectivity index (χ0) is 9.84. The first kappa shape index (κ1) is 9.98. The van der Waals surface area contributed by atoms with Crippen molar-refractivity contribution < 1.29 is 24.5 Å². The number of carboxylic acids is 1. The molecule has 5 nitrogen and oxygen atoms in total. The molecule has 0 unspecified atom stereocenters. The van der Waals surface area contributed by atoms with Crippen LogP contribution in [0.25, 0.3) is 0 Å². The topological polar surface area (TPSA) is 83.8 Å². The van der Waals surface area contributed by atoms with Gasteiger partial charge in [0.2, 0.25) is 0 Å². The Morgan fingerprint density at radius 3 is 2.38 bits per heavy atom. The first-order valence-electron chi connectivity index (χ1n) is 4.23. The molecule has 0 heterocycles. The second kappa shape index (κ2) is 4.23. The number of hydrogen-bond acceptors (Lipinski definition) is 4. The van der Waals surface area contributed by atoms with E-state index in [9.17, 15) is 14.7 Å². The van der Waals surface area contributed by atoms with Gasteiger partial charge in [0.05, 0.1) is 6.10 Å². The Kier molecular flexibility index (Phi) is 3.25. The summed E-state index contributed by atoms with van der Waals surface area (Å²) in [7, 11) is 0. The van der Waals surface area contributed by atoms with Crippen molar-refractivity contribution in [2.45, 2.75) is 37.9 Å². The van der Waals surface area contributed by atoms with Crippen LogP contribution in [0.5, 0.6) is 0 Å². The first-order chi connectivity index (χ1) is 6.11. The van der Waals surface area contributed by atoms with Crippen LogP contribution in [0, 0.1) is 0 Å². The summed E-state index contributed by atoms with van der Waals surface area (Å²) in [5.74, 6) is -2.90. The van der Waals surface area contributed by atoms with E-state index in [-0.39, 0.29) is 0 Å². The largest absolute Gasteiger partial charge is 0.473 e. The van der Waals surface area contributed by atoms with Crippen molar-refractivity contribution in [2.75, 3.05) is 0 Å². The van der Waals surface area contributed by atoms with E-state index in [2.05, 4.69) is 4.74 Å². The van der Waals surface area contributed by atoms with Gasteiger partial charge in [0.25, 0.3) is 0 Å². The smallest absolute Gasteiger partial charge is 0.417 e. The van der Waals surface area contributed by atoms with E-state index in [1.807, 2.05) is 0 Å². The van der Waals surface area contributed by atoms with Gasteiger partial charge < -0.3 is 14.9 Å². The van der Waals surface area contributed by atoms with E-state index in [1.165, 1.54) is 0 Å². The van der Waals surface area contributed by atoms with E-state index < -0.39 is 24.1 Å². The van der Waals surface area contributed by atoms with Gasteiger partial charge >= 0.3 is 11.9 Å². The van der Waals surface area contributed by atoms with Gasteiger partial charge in [-0.15, -0.1) is 0 Å². The van der Waals surface area contributed by atoms with Crippen molar-refractivity contribution in [2.24, 2.45) is 0 Å².